The Labute approximate surface area is 165 Å². The molecule has 1 aliphatic heterocycles. The first-order valence-electron chi connectivity index (χ1n) is 9.62. The third-order valence-electron chi connectivity index (χ3n) is 5.79. The van der Waals surface area contributed by atoms with Crippen LogP contribution in [-0.2, 0) is 16.3 Å². The third-order valence-corrected chi connectivity index (χ3v) is 7.55. The Hall–Kier alpha value is -2.38. The lowest BCUT2D eigenvalue weighted by atomic mass is 9.86. The van der Waals surface area contributed by atoms with Gasteiger partial charge >= 0.3 is 6.09 Å². The summed E-state index contributed by atoms with van der Waals surface area (Å²) in [6, 6.07) is 14.3. The SMILES string of the molecule is O=C(O)N1CCN(C2CCCc3cc(S(=O)(=O)c4ccccc4)ccc32)CC1. The number of benzene rings is 2. The number of rotatable bonds is 3. The molecule has 0 bridgehead atoms. The van der Waals surface area contributed by atoms with Crippen LogP contribution in [0.1, 0.15) is 30.0 Å². The van der Waals surface area contributed by atoms with E-state index < -0.39 is 15.9 Å². The quantitative estimate of drug-likeness (QED) is 0.856. The summed E-state index contributed by atoms with van der Waals surface area (Å²) in [5.41, 5.74) is 2.27. The van der Waals surface area contributed by atoms with Gasteiger partial charge in [-0.25, -0.2) is 13.2 Å². The normalized spacial score (nSPS) is 20.6. The van der Waals surface area contributed by atoms with Crippen molar-refractivity contribution in [2.24, 2.45) is 0 Å². The van der Waals surface area contributed by atoms with Gasteiger partial charge in [-0.15, -0.1) is 0 Å². The summed E-state index contributed by atoms with van der Waals surface area (Å²) in [6.45, 7) is 2.45. The maximum absolute atomic E-state index is 12.9. The van der Waals surface area contributed by atoms with Crippen LogP contribution in [0.5, 0.6) is 0 Å². The zero-order valence-electron chi connectivity index (χ0n) is 15.6. The average Bonchev–Trinajstić information content (AvgIpc) is 2.73. The highest BCUT2D eigenvalue weighted by molar-refractivity contribution is 7.91. The van der Waals surface area contributed by atoms with E-state index in [2.05, 4.69) is 4.90 Å². The number of fused-ring (bicyclic) bond motifs is 1. The number of nitrogens with zero attached hydrogens (tertiary/aromatic N) is 2. The van der Waals surface area contributed by atoms with Gasteiger partial charge in [-0.05, 0) is 54.7 Å². The van der Waals surface area contributed by atoms with Crippen molar-refractivity contribution in [3.8, 4) is 0 Å². The van der Waals surface area contributed by atoms with Crippen molar-refractivity contribution >= 4 is 15.9 Å². The van der Waals surface area contributed by atoms with Gasteiger partial charge in [0.05, 0.1) is 9.79 Å². The number of carbonyl (C=O) groups is 1. The third kappa shape index (κ3) is 3.52. The molecular formula is C21H24N2O4S. The molecule has 6 nitrogen and oxygen atoms in total. The molecular weight excluding hydrogens is 376 g/mol. The molecule has 2 aromatic rings. The van der Waals surface area contributed by atoms with E-state index >= 15 is 0 Å². The lowest BCUT2D eigenvalue weighted by molar-refractivity contribution is 0.0797. The molecule has 1 saturated heterocycles. The molecule has 2 aromatic carbocycles. The molecule has 0 radical (unpaired) electrons. The molecule has 1 atom stereocenters. The van der Waals surface area contributed by atoms with Crippen molar-refractivity contribution < 1.29 is 18.3 Å². The van der Waals surface area contributed by atoms with Gasteiger partial charge in [-0.3, -0.25) is 4.90 Å². The minimum absolute atomic E-state index is 0.230. The zero-order valence-corrected chi connectivity index (χ0v) is 16.4. The number of sulfone groups is 1. The van der Waals surface area contributed by atoms with Gasteiger partial charge in [0, 0.05) is 32.2 Å². The van der Waals surface area contributed by atoms with Gasteiger partial charge in [0.25, 0.3) is 0 Å². The first-order valence-corrected chi connectivity index (χ1v) is 11.1. The summed E-state index contributed by atoms with van der Waals surface area (Å²) < 4.78 is 25.9. The largest absolute Gasteiger partial charge is 0.465 e. The topological polar surface area (TPSA) is 77.9 Å². The predicted octanol–water partition coefficient (Wildman–Crippen LogP) is 3.19. The number of carboxylic acid groups (broad SMARTS) is 1. The fourth-order valence-corrected chi connectivity index (χ4v) is 5.60. The van der Waals surface area contributed by atoms with E-state index in [9.17, 15) is 13.2 Å². The lowest BCUT2D eigenvalue weighted by Gasteiger charge is -2.40. The lowest BCUT2D eigenvalue weighted by Crippen LogP contribution is -2.49. The van der Waals surface area contributed by atoms with E-state index in [1.54, 1.807) is 36.4 Å². The smallest absolute Gasteiger partial charge is 0.407 e. The molecule has 1 heterocycles. The highest BCUT2D eigenvalue weighted by Gasteiger charge is 2.30. The molecule has 1 aliphatic carbocycles. The van der Waals surface area contributed by atoms with Crippen LogP contribution >= 0.6 is 0 Å². The molecule has 1 N–H and O–H groups in total. The van der Waals surface area contributed by atoms with E-state index in [0.717, 1.165) is 24.8 Å². The molecule has 1 amide bonds. The maximum Gasteiger partial charge on any atom is 0.407 e. The summed E-state index contributed by atoms with van der Waals surface area (Å²) in [5, 5.41) is 9.14. The molecule has 1 unspecified atom stereocenters. The number of hydrogen-bond donors (Lipinski definition) is 1. The number of hydrogen-bond acceptors (Lipinski definition) is 4. The Morgan fingerprint density at radius 2 is 1.68 bits per heavy atom. The highest BCUT2D eigenvalue weighted by Crippen LogP contribution is 2.36. The monoisotopic (exact) mass is 400 g/mol. The minimum Gasteiger partial charge on any atom is -0.465 e. The van der Waals surface area contributed by atoms with Crippen LogP contribution in [0.15, 0.2) is 58.3 Å². The fraction of sp³-hybridized carbons (Fsp3) is 0.381. The maximum atomic E-state index is 12.9. The second-order valence-corrected chi connectivity index (χ2v) is 9.34. The molecule has 148 valence electrons. The Kier molecular flexibility index (Phi) is 5.12. The fourth-order valence-electron chi connectivity index (χ4n) is 4.27. The van der Waals surface area contributed by atoms with Crippen molar-refractivity contribution in [2.45, 2.75) is 35.1 Å². The Balaban J connectivity index is 1.59. The van der Waals surface area contributed by atoms with E-state index in [4.69, 9.17) is 5.11 Å². The van der Waals surface area contributed by atoms with E-state index in [0.29, 0.717) is 36.0 Å². The van der Waals surface area contributed by atoms with Gasteiger partial charge in [-0.2, -0.15) is 0 Å². The Bertz CT molecular complexity index is 967. The minimum atomic E-state index is -3.52. The van der Waals surface area contributed by atoms with E-state index in [1.807, 2.05) is 12.1 Å². The molecule has 4 rings (SSSR count). The highest BCUT2D eigenvalue weighted by atomic mass is 32.2. The van der Waals surface area contributed by atoms with Crippen LogP contribution in [0.25, 0.3) is 0 Å². The summed E-state index contributed by atoms with van der Waals surface area (Å²) in [7, 11) is -3.52. The average molecular weight is 401 g/mol. The van der Waals surface area contributed by atoms with Crippen molar-refractivity contribution in [3.63, 3.8) is 0 Å². The van der Waals surface area contributed by atoms with Crippen molar-refractivity contribution in [1.29, 1.82) is 0 Å². The number of amides is 1. The van der Waals surface area contributed by atoms with Crippen LogP contribution in [0.4, 0.5) is 4.79 Å². The van der Waals surface area contributed by atoms with Gasteiger partial charge in [0.2, 0.25) is 9.84 Å². The second-order valence-electron chi connectivity index (χ2n) is 7.39. The van der Waals surface area contributed by atoms with Crippen LogP contribution < -0.4 is 0 Å². The first-order chi connectivity index (χ1) is 13.5. The Morgan fingerprint density at radius 1 is 0.964 bits per heavy atom. The standard InChI is InChI=1S/C21H24N2O4S/c24-21(25)23-13-11-22(12-14-23)20-8-4-5-16-15-18(9-10-19(16)20)28(26,27)17-6-2-1-3-7-17/h1-3,6-7,9-10,15,20H,4-5,8,11-14H2,(H,24,25). The second kappa shape index (κ2) is 7.56. The number of piperazine rings is 1. The first kappa shape index (κ1) is 19.0. The summed E-state index contributed by atoms with van der Waals surface area (Å²) in [4.78, 5) is 15.6. The van der Waals surface area contributed by atoms with Crippen LogP contribution in [0, 0.1) is 0 Å². The molecule has 7 heteroatoms. The van der Waals surface area contributed by atoms with Crippen molar-refractivity contribution in [1.82, 2.24) is 9.80 Å². The molecule has 2 aliphatic rings. The van der Waals surface area contributed by atoms with Crippen molar-refractivity contribution in [3.05, 3.63) is 59.7 Å². The molecule has 1 fully saturated rings. The molecule has 28 heavy (non-hydrogen) atoms. The zero-order chi connectivity index (χ0) is 19.7. The predicted molar refractivity (Wildman–Crippen MR) is 105 cm³/mol. The van der Waals surface area contributed by atoms with Crippen LogP contribution in [0.3, 0.4) is 0 Å². The molecule has 0 aromatic heterocycles. The number of aryl methyl sites for hydroxylation is 1. The van der Waals surface area contributed by atoms with Gasteiger partial charge in [0.1, 0.15) is 0 Å². The van der Waals surface area contributed by atoms with Crippen LogP contribution in [-0.4, -0.2) is 55.6 Å². The van der Waals surface area contributed by atoms with Gasteiger partial charge < -0.3 is 10.0 Å². The van der Waals surface area contributed by atoms with E-state index in [1.165, 1.54) is 10.5 Å². The van der Waals surface area contributed by atoms with Crippen molar-refractivity contribution in [2.75, 3.05) is 26.2 Å². The molecule has 0 spiro atoms. The van der Waals surface area contributed by atoms with Gasteiger partial charge in [-0.1, -0.05) is 24.3 Å². The van der Waals surface area contributed by atoms with E-state index in [-0.39, 0.29) is 6.04 Å². The summed E-state index contributed by atoms with van der Waals surface area (Å²) in [5.74, 6) is 0. The summed E-state index contributed by atoms with van der Waals surface area (Å²) >= 11 is 0. The van der Waals surface area contributed by atoms with Crippen LogP contribution in [0.2, 0.25) is 0 Å². The van der Waals surface area contributed by atoms with Gasteiger partial charge in [0.15, 0.2) is 0 Å². The molecule has 0 saturated carbocycles. The Morgan fingerprint density at radius 3 is 2.36 bits per heavy atom. The summed E-state index contributed by atoms with van der Waals surface area (Å²) in [6.07, 6.45) is 2.04.